The standard InChI is InChI=1S/C17H21NO4/c1-11(19)12-6-8-18(9-7-12)17(20)15-10-13-4-3-5-14(21-2)16(13)22-15/h3-5,10-12,19H,6-9H2,1-2H3. The van der Waals surface area contributed by atoms with E-state index in [2.05, 4.69) is 0 Å². The molecule has 0 aliphatic carbocycles. The average molecular weight is 303 g/mol. The third-order valence-electron chi connectivity index (χ3n) is 4.45. The lowest BCUT2D eigenvalue weighted by Gasteiger charge is -2.32. The molecule has 0 bridgehead atoms. The molecule has 2 aromatic rings. The number of aliphatic hydroxyl groups is 1. The molecule has 1 aliphatic rings. The van der Waals surface area contributed by atoms with Gasteiger partial charge in [0.2, 0.25) is 0 Å². The van der Waals surface area contributed by atoms with Gasteiger partial charge >= 0.3 is 0 Å². The minimum atomic E-state index is -0.312. The third kappa shape index (κ3) is 2.68. The number of likely N-dealkylation sites (tertiary alicyclic amines) is 1. The lowest BCUT2D eigenvalue weighted by molar-refractivity contribution is 0.0500. The van der Waals surface area contributed by atoms with Crippen LogP contribution in [0.2, 0.25) is 0 Å². The number of hydrogen-bond donors (Lipinski definition) is 1. The van der Waals surface area contributed by atoms with Gasteiger partial charge in [-0.05, 0) is 37.8 Å². The number of carbonyl (C=O) groups excluding carboxylic acids is 1. The first-order valence-electron chi connectivity index (χ1n) is 7.64. The highest BCUT2D eigenvalue weighted by atomic mass is 16.5. The van der Waals surface area contributed by atoms with E-state index in [0.717, 1.165) is 18.2 Å². The molecular formula is C17H21NO4. The first-order valence-corrected chi connectivity index (χ1v) is 7.64. The molecule has 1 aliphatic heterocycles. The Morgan fingerprint density at radius 3 is 2.77 bits per heavy atom. The molecule has 5 nitrogen and oxygen atoms in total. The van der Waals surface area contributed by atoms with Crippen LogP contribution in [-0.2, 0) is 0 Å². The zero-order chi connectivity index (χ0) is 15.7. The Bertz CT molecular complexity index is 668. The Labute approximate surface area is 129 Å². The fraction of sp³-hybridized carbons (Fsp3) is 0.471. The van der Waals surface area contributed by atoms with Crippen molar-refractivity contribution < 1.29 is 19.1 Å². The maximum atomic E-state index is 12.6. The molecule has 3 rings (SSSR count). The highest BCUT2D eigenvalue weighted by Crippen LogP contribution is 2.30. The number of benzene rings is 1. The second-order valence-electron chi connectivity index (χ2n) is 5.86. The van der Waals surface area contributed by atoms with E-state index in [1.165, 1.54) is 0 Å². The number of methoxy groups -OCH3 is 1. The van der Waals surface area contributed by atoms with Gasteiger partial charge in [0.1, 0.15) is 0 Å². The van der Waals surface area contributed by atoms with Crippen molar-refractivity contribution in [3.05, 3.63) is 30.0 Å². The maximum Gasteiger partial charge on any atom is 0.289 e. The summed E-state index contributed by atoms with van der Waals surface area (Å²) in [5.41, 5.74) is 0.604. The minimum absolute atomic E-state index is 0.0951. The lowest BCUT2D eigenvalue weighted by atomic mass is 9.92. The molecule has 1 atom stereocenters. The molecule has 0 saturated carbocycles. The van der Waals surface area contributed by atoms with Crippen LogP contribution in [0.15, 0.2) is 28.7 Å². The number of amides is 1. The number of furan rings is 1. The number of carbonyl (C=O) groups is 1. The van der Waals surface area contributed by atoms with Crippen LogP contribution in [0.4, 0.5) is 0 Å². The summed E-state index contributed by atoms with van der Waals surface area (Å²) in [6.45, 7) is 3.12. The Morgan fingerprint density at radius 2 is 2.14 bits per heavy atom. The Kier molecular flexibility index (Phi) is 4.07. The fourth-order valence-electron chi connectivity index (χ4n) is 3.04. The zero-order valence-corrected chi connectivity index (χ0v) is 12.9. The smallest absolute Gasteiger partial charge is 0.289 e. The van der Waals surface area contributed by atoms with Crippen LogP contribution < -0.4 is 4.74 Å². The number of fused-ring (bicyclic) bond motifs is 1. The summed E-state index contributed by atoms with van der Waals surface area (Å²) in [5, 5.41) is 10.5. The van der Waals surface area contributed by atoms with Crippen LogP contribution >= 0.6 is 0 Å². The Hall–Kier alpha value is -2.01. The van der Waals surface area contributed by atoms with Crippen LogP contribution in [0.3, 0.4) is 0 Å². The van der Waals surface area contributed by atoms with Gasteiger partial charge in [0, 0.05) is 18.5 Å². The van der Waals surface area contributed by atoms with E-state index in [1.54, 1.807) is 18.1 Å². The SMILES string of the molecule is COc1cccc2cc(C(=O)N3CCC(C(C)O)CC3)oc12. The van der Waals surface area contributed by atoms with Crippen molar-refractivity contribution in [2.45, 2.75) is 25.9 Å². The molecule has 0 radical (unpaired) electrons. The average Bonchev–Trinajstić information content (AvgIpc) is 2.98. The van der Waals surface area contributed by atoms with Crippen molar-refractivity contribution in [1.29, 1.82) is 0 Å². The molecule has 1 unspecified atom stereocenters. The topological polar surface area (TPSA) is 62.9 Å². The van der Waals surface area contributed by atoms with Gasteiger partial charge < -0.3 is 19.2 Å². The Balaban J connectivity index is 1.78. The van der Waals surface area contributed by atoms with Gasteiger partial charge in [-0.1, -0.05) is 12.1 Å². The summed E-state index contributed by atoms with van der Waals surface area (Å²) in [7, 11) is 1.58. The minimum Gasteiger partial charge on any atom is -0.493 e. The quantitative estimate of drug-likeness (QED) is 0.947. The van der Waals surface area contributed by atoms with E-state index in [4.69, 9.17) is 9.15 Å². The molecule has 0 spiro atoms. The summed E-state index contributed by atoms with van der Waals surface area (Å²) in [6, 6.07) is 7.35. The molecule has 1 N–H and O–H groups in total. The van der Waals surface area contributed by atoms with Gasteiger partial charge in [-0.2, -0.15) is 0 Å². The highest BCUT2D eigenvalue weighted by molar-refractivity contribution is 5.97. The summed E-state index contributed by atoms with van der Waals surface area (Å²) >= 11 is 0. The molecule has 1 fully saturated rings. The van der Waals surface area contributed by atoms with E-state index in [-0.39, 0.29) is 17.9 Å². The van der Waals surface area contributed by atoms with Gasteiger partial charge in [-0.25, -0.2) is 0 Å². The molecule has 22 heavy (non-hydrogen) atoms. The number of piperidine rings is 1. The first kappa shape index (κ1) is 14.9. The second-order valence-corrected chi connectivity index (χ2v) is 5.86. The normalized spacial score (nSPS) is 17.7. The number of rotatable bonds is 3. The van der Waals surface area contributed by atoms with E-state index in [1.807, 2.05) is 25.1 Å². The summed E-state index contributed by atoms with van der Waals surface area (Å²) in [5.74, 6) is 1.15. The van der Waals surface area contributed by atoms with Crippen LogP contribution in [0.25, 0.3) is 11.0 Å². The number of para-hydroxylation sites is 1. The maximum absolute atomic E-state index is 12.6. The van der Waals surface area contributed by atoms with Crippen molar-refractivity contribution in [3.63, 3.8) is 0 Å². The van der Waals surface area contributed by atoms with E-state index in [9.17, 15) is 9.90 Å². The van der Waals surface area contributed by atoms with Crippen LogP contribution in [0.1, 0.15) is 30.3 Å². The van der Waals surface area contributed by atoms with Gasteiger partial charge in [0.05, 0.1) is 13.2 Å². The third-order valence-corrected chi connectivity index (χ3v) is 4.45. The molecule has 1 saturated heterocycles. The number of nitrogens with zero attached hydrogens (tertiary/aromatic N) is 1. The van der Waals surface area contributed by atoms with E-state index >= 15 is 0 Å². The van der Waals surface area contributed by atoms with Gasteiger partial charge in [0.25, 0.3) is 5.91 Å². The number of aliphatic hydroxyl groups excluding tert-OH is 1. The van der Waals surface area contributed by atoms with Crippen molar-refractivity contribution in [2.24, 2.45) is 5.92 Å². The molecule has 5 heteroatoms. The molecule has 1 aromatic heterocycles. The predicted octanol–water partition coefficient (Wildman–Crippen LogP) is 2.67. The molecular weight excluding hydrogens is 282 g/mol. The highest BCUT2D eigenvalue weighted by Gasteiger charge is 2.27. The summed E-state index contributed by atoms with van der Waals surface area (Å²) in [6.07, 6.45) is 1.34. The van der Waals surface area contributed by atoms with Gasteiger partial charge in [-0.15, -0.1) is 0 Å². The van der Waals surface area contributed by atoms with Crippen molar-refractivity contribution in [3.8, 4) is 5.75 Å². The van der Waals surface area contributed by atoms with Crippen molar-refractivity contribution in [1.82, 2.24) is 4.90 Å². The first-order chi connectivity index (χ1) is 10.6. The molecule has 118 valence electrons. The lowest BCUT2D eigenvalue weighted by Crippen LogP contribution is -2.40. The largest absolute Gasteiger partial charge is 0.493 e. The monoisotopic (exact) mass is 303 g/mol. The van der Waals surface area contributed by atoms with Crippen molar-refractivity contribution in [2.75, 3.05) is 20.2 Å². The van der Waals surface area contributed by atoms with E-state index in [0.29, 0.717) is 30.2 Å². The molecule has 1 amide bonds. The van der Waals surface area contributed by atoms with Crippen LogP contribution in [-0.4, -0.2) is 42.2 Å². The summed E-state index contributed by atoms with van der Waals surface area (Å²) < 4.78 is 11.0. The van der Waals surface area contributed by atoms with Crippen LogP contribution in [0.5, 0.6) is 5.75 Å². The van der Waals surface area contributed by atoms with Gasteiger partial charge in [-0.3, -0.25) is 4.79 Å². The predicted molar refractivity (Wildman–Crippen MR) is 83.1 cm³/mol. The number of hydrogen-bond acceptors (Lipinski definition) is 4. The fourth-order valence-corrected chi connectivity index (χ4v) is 3.04. The number of ether oxygens (including phenoxy) is 1. The zero-order valence-electron chi connectivity index (χ0n) is 12.9. The molecule has 1 aromatic carbocycles. The van der Waals surface area contributed by atoms with E-state index < -0.39 is 0 Å². The van der Waals surface area contributed by atoms with Crippen molar-refractivity contribution >= 4 is 16.9 Å². The molecule has 2 heterocycles. The van der Waals surface area contributed by atoms with Gasteiger partial charge in [0.15, 0.2) is 17.1 Å². The van der Waals surface area contributed by atoms with Crippen LogP contribution in [0, 0.1) is 5.92 Å². The Morgan fingerprint density at radius 1 is 1.41 bits per heavy atom. The summed E-state index contributed by atoms with van der Waals surface area (Å²) in [4.78, 5) is 14.4. The second kappa shape index (κ2) is 6.01.